The second-order valence-corrected chi connectivity index (χ2v) is 10.1. The van der Waals surface area contributed by atoms with Crippen molar-refractivity contribution >= 4 is 55.4 Å². The Morgan fingerprint density at radius 2 is 2.09 bits per heavy atom. The maximum Gasteiger partial charge on any atom is 0.271 e. The number of hydrogen-bond donors (Lipinski definition) is 0. The summed E-state index contributed by atoms with van der Waals surface area (Å²) in [5, 5.41) is 3.88. The van der Waals surface area contributed by atoms with Gasteiger partial charge < -0.3 is 14.2 Å². The number of methoxy groups -OCH3 is 2. The first-order valence-electron chi connectivity index (χ1n) is 10.9. The van der Waals surface area contributed by atoms with Gasteiger partial charge in [-0.25, -0.2) is 4.98 Å². The number of thiophene rings is 1. The Morgan fingerprint density at radius 1 is 1.24 bits per heavy atom. The Hall–Kier alpha value is -2.65. The summed E-state index contributed by atoms with van der Waals surface area (Å²) < 4.78 is 17.8. The van der Waals surface area contributed by atoms with E-state index < -0.39 is 0 Å². The smallest absolute Gasteiger partial charge is 0.271 e. The fraction of sp³-hybridized carbons (Fsp3) is 0.280. The van der Waals surface area contributed by atoms with Crippen molar-refractivity contribution < 1.29 is 19.0 Å². The predicted octanol–water partition coefficient (Wildman–Crippen LogP) is 6.52. The molecule has 0 unspecified atom stereocenters. The molecule has 5 rings (SSSR count). The first-order valence-corrected chi connectivity index (χ1v) is 12.9. The average Bonchev–Trinajstić information content (AvgIpc) is 3.63. The second-order valence-electron chi connectivity index (χ2n) is 7.87. The van der Waals surface area contributed by atoms with Crippen LogP contribution in [0.2, 0.25) is 5.02 Å². The van der Waals surface area contributed by atoms with Gasteiger partial charge in [0.25, 0.3) is 5.91 Å². The number of rotatable bonds is 7. The molecule has 2 aromatic carbocycles. The number of thiazole rings is 1. The van der Waals surface area contributed by atoms with Crippen LogP contribution in [-0.2, 0) is 4.74 Å². The van der Waals surface area contributed by atoms with E-state index in [4.69, 9.17) is 30.8 Å². The summed E-state index contributed by atoms with van der Waals surface area (Å²) in [7, 11) is 3.24. The van der Waals surface area contributed by atoms with Gasteiger partial charge in [0.1, 0.15) is 16.4 Å². The SMILES string of the molecule is COc1ccc(OC)c(-c2csc(N(C[C@@H]3CCCO3)C(=O)c3sc4ccccc4c3Cl)n2)c1. The van der Waals surface area contributed by atoms with E-state index in [2.05, 4.69) is 0 Å². The van der Waals surface area contributed by atoms with Gasteiger partial charge in [0.05, 0.1) is 37.6 Å². The number of amides is 1. The molecule has 34 heavy (non-hydrogen) atoms. The fourth-order valence-corrected chi connectivity index (χ4v) is 6.33. The zero-order chi connectivity index (χ0) is 23.7. The van der Waals surface area contributed by atoms with Crippen molar-refractivity contribution in [2.75, 3.05) is 32.3 Å². The molecule has 0 aliphatic carbocycles. The van der Waals surface area contributed by atoms with Crippen LogP contribution in [0.15, 0.2) is 47.8 Å². The first kappa shape index (κ1) is 23.1. The molecule has 1 amide bonds. The zero-order valence-corrected chi connectivity index (χ0v) is 21.1. The Morgan fingerprint density at radius 3 is 2.82 bits per heavy atom. The molecule has 6 nitrogen and oxygen atoms in total. The molecule has 0 spiro atoms. The summed E-state index contributed by atoms with van der Waals surface area (Å²) in [6.45, 7) is 1.13. The number of fused-ring (bicyclic) bond motifs is 1. The van der Waals surface area contributed by atoms with Crippen molar-refractivity contribution in [2.45, 2.75) is 18.9 Å². The minimum absolute atomic E-state index is 0.0317. The lowest BCUT2D eigenvalue weighted by molar-refractivity contribution is 0.0921. The summed E-state index contributed by atoms with van der Waals surface area (Å²) in [6.07, 6.45) is 1.86. The highest BCUT2D eigenvalue weighted by Crippen LogP contribution is 2.39. The van der Waals surface area contributed by atoms with Crippen LogP contribution in [0.3, 0.4) is 0 Å². The van der Waals surface area contributed by atoms with E-state index in [1.54, 1.807) is 19.1 Å². The third-order valence-corrected chi connectivity index (χ3v) is 8.32. The Kier molecular flexibility index (Phi) is 6.74. The third-order valence-electron chi connectivity index (χ3n) is 5.79. The molecule has 1 aliphatic rings. The monoisotopic (exact) mass is 514 g/mol. The van der Waals surface area contributed by atoms with Crippen LogP contribution >= 0.6 is 34.3 Å². The zero-order valence-electron chi connectivity index (χ0n) is 18.7. The van der Waals surface area contributed by atoms with Crippen LogP contribution in [0.4, 0.5) is 5.13 Å². The summed E-state index contributed by atoms with van der Waals surface area (Å²) in [5.74, 6) is 1.22. The average molecular weight is 515 g/mol. The number of nitrogens with zero attached hydrogens (tertiary/aromatic N) is 2. The lowest BCUT2D eigenvalue weighted by atomic mass is 10.1. The van der Waals surface area contributed by atoms with Crippen LogP contribution < -0.4 is 14.4 Å². The highest BCUT2D eigenvalue weighted by molar-refractivity contribution is 7.22. The maximum absolute atomic E-state index is 13.8. The highest BCUT2D eigenvalue weighted by Gasteiger charge is 2.30. The maximum atomic E-state index is 13.8. The van der Waals surface area contributed by atoms with E-state index in [-0.39, 0.29) is 12.0 Å². The molecule has 0 N–H and O–H groups in total. The van der Waals surface area contributed by atoms with Crippen LogP contribution in [0.1, 0.15) is 22.5 Å². The van der Waals surface area contributed by atoms with Gasteiger partial charge in [-0.2, -0.15) is 0 Å². The second kappa shape index (κ2) is 9.92. The standard InChI is InChI=1S/C25H23ClN2O4S2/c1-30-15-9-10-20(31-2)18(12-15)19-14-33-25(27-19)28(13-16-6-5-11-32-16)24(29)23-22(26)17-7-3-4-8-21(17)34-23/h3-4,7-10,12,14,16H,5-6,11,13H2,1-2H3/t16-/m0/s1. The summed E-state index contributed by atoms with van der Waals surface area (Å²) in [5.41, 5.74) is 1.51. The normalized spacial score (nSPS) is 15.6. The van der Waals surface area contributed by atoms with E-state index in [1.807, 2.05) is 47.8 Å². The van der Waals surface area contributed by atoms with E-state index in [0.717, 1.165) is 28.5 Å². The molecule has 3 heterocycles. The Labute approximate surface area is 210 Å². The quantitative estimate of drug-likeness (QED) is 0.281. The molecule has 1 aliphatic heterocycles. The molecule has 0 bridgehead atoms. The van der Waals surface area contributed by atoms with Crippen LogP contribution in [0, 0.1) is 0 Å². The van der Waals surface area contributed by atoms with Gasteiger partial charge in [-0.05, 0) is 37.1 Å². The molecule has 1 saturated heterocycles. The van der Waals surface area contributed by atoms with Gasteiger partial charge in [-0.3, -0.25) is 9.69 Å². The van der Waals surface area contributed by atoms with Gasteiger partial charge >= 0.3 is 0 Å². The van der Waals surface area contributed by atoms with E-state index in [0.29, 0.717) is 45.4 Å². The molecule has 176 valence electrons. The lowest BCUT2D eigenvalue weighted by Crippen LogP contribution is -2.37. The number of hydrogen-bond acceptors (Lipinski definition) is 7. The fourth-order valence-electron chi connectivity index (χ4n) is 4.04. The van der Waals surface area contributed by atoms with E-state index in [1.165, 1.54) is 22.7 Å². The summed E-state index contributed by atoms with van der Waals surface area (Å²) in [6, 6.07) is 13.4. The molecule has 0 radical (unpaired) electrons. The number of benzene rings is 2. The molecule has 0 saturated carbocycles. The molecule has 4 aromatic rings. The minimum Gasteiger partial charge on any atom is -0.497 e. The molecular weight excluding hydrogens is 492 g/mol. The minimum atomic E-state index is -0.166. The number of carbonyl (C=O) groups is 1. The third kappa shape index (κ3) is 4.38. The number of anilines is 1. The van der Waals surface area contributed by atoms with Gasteiger partial charge in [0, 0.05) is 27.6 Å². The molecule has 2 aromatic heterocycles. The topological polar surface area (TPSA) is 60.9 Å². The van der Waals surface area contributed by atoms with Gasteiger partial charge in [-0.15, -0.1) is 22.7 Å². The van der Waals surface area contributed by atoms with E-state index >= 15 is 0 Å². The highest BCUT2D eigenvalue weighted by atomic mass is 35.5. The number of halogens is 1. The number of ether oxygens (including phenoxy) is 3. The lowest BCUT2D eigenvalue weighted by Gasteiger charge is -2.22. The Bertz CT molecular complexity index is 1330. The van der Waals surface area contributed by atoms with Crippen molar-refractivity contribution in [3.63, 3.8) is 0 Å². The Balaban J connectivity index is 1.54. The summed E-state index contributed by atoms with van der Waals surface area (Å²) in [4.78, 5) is 20.9. The van der Waals surface area contributed by atoms with Crippen molar-refractivity contribution in [2.24, 2.45) is 0 Å². The molecule has 1 fully saturated rings. The van der Waals surface area contributed by atoms with Crippen LogP contribution in [0.5, 0.6) is 11.5 Å². The van der Waals surface area contributed by atoms with Gasteiger partial charge in [0.2, 0.25) is 0 Å². The predicted molar refractivity (Wildman–Crippen MR) is 138 cm³/mol. The van der Waals surface area contributed by atoms with E-state index in [9.17, 15) is 4.79 Å². The largest absolute Gasteiger partial charge is 0.497 e. The number of carbonyl (C=O) groups excluding carboxylic acids is 1. The molecule has 9 heteroatoms. The van der Waals surface area contributed by atoms with Gasteiger partial charge in [-0.1, -0.05) is 29.8 Å². The van der Waals surface area contributed by atoms with Crippen molar-refractivity contribution in [3.05, 3.63) is 57.7 Å². The number of aromatic nitrogens is 1. The van der Waals surface area contributed by atoms with Crippen molar-refractivity contribution in [1.82, 2.24) is 4.98 Å². The van der Waals surface area contributed by atoms with Crippen LogP contribution in [-0.4, -0.2) is 44.4 Å². The summed E-state index contributed by atoms with van der Waals surface area (Å²) >= 11 is 9.47. The van der Waals surface area contributed by atoms with Crippen molar-refractivity contribution in [1.29, 1.82) is 0 Å². The first-order chi connectivity index (χ1) is 16.6. The molecule has 1 atom stereocenters. The van der Waals surface area contributed by atoms with Crippen LogP contribution in [0.25, 0.3) is 21.3 Å². The van der Waals surface area contributed by atoms with Gasteiger partial charge in [0.15, 0.2) is 5.13 Å². The van der Waals surface area contributed by atoms with Crippen molar-refractivity contribution in [3.8, 4) is 22.8 Å². The molecular formula is C25H23ClN2O4S2.